The number of benzene rings is 1. The number of allylic oxidation sites excluding steroid dienone is 1. The number of ether oxygens (including phenoxy) is 1. The molecule has 0 aliphatic rings. The Labute approximate surface area is 173 Å². The van der Waals surface area contributed by atoms with E-state index in [1.54, 1.807) is 6.92 Å². The molecule has 0 atom stereocenters. The molecule has 1 rings (SSSR count). The second kappa shape index (κ2) is 12.0. The molecule has 0 bridgehead atoms. The zero-order valence-corrected chi connectivity index (χ0v) is 17.1. The van der Waals surface area contributed by atoms with Gasteiger partial charge in [0.1, 0.15) is 5.75 Å². The highest BCUT2D eigenvalue weighted by Gasteiger charge is 2.34. The molecule has 0 unspecified atom stereocenters. The third kappa shape index (κ3) is 8.47. The second-order valence-corrected chi connectivity index (χ2v) is 6.29. The van der Waals surface area contributed by atoms with Crippen molar-refractivity contribution in [2.75, 3.05) is 11.9 Å². The minimum atomic E-state index is -4.60. The minimum absolute atomic E-state index is 0.0744. The molecule has 0 saturated carbocycles. The molecule has 9 heteroatoms. The first-order valence-electron chi connectivity index (χ1n) is 8.99. The van der Waals surface area contributed by atoms with Crippen LogP contribution in [0.5, 0.6) is 5.75 Å². The first kappa shape index (κ1) is 24.4. The van der Waals surface area contributed by atoms with Crippen molar-refractivity contribution in [3.63, 3.8) is 0 Å². The second-order valence-electron chi connectivity index (χ2n) is 5.88. The van der Waals surface area contributed by atoms with Gasteiger partial charge in [-0.1, -0.05) is 32.4 Å². The Balaban J connectivity index is 2.88. The average Bonchev–Trinajstić information content (AvgIpc) is 2.65. The molecule has 0 aromatic heterocycles. The van der Waals surface area contributed by atoms with Crippen molar-refractivity contribution >= 4 is 35.1 Å². The van der Waals surface area contributed by atoms with Gasteiger partial charge in [0, 0.05) is 18.1 Å². The van der Waals surface area contributed by atoms with Gasteiger partial charge < -0.3 is 10.1 Å². The standard InChI is InChI=1S/C20H24F3N3O2S/c1-4-7-8-11-28-17-10-9-15(12-16(17)20(21,22)23)25-19(29)26-18(27)14(5-2)13-24-6-3/h5-6,9-10,12-13H,3-4,7-8,11H2,1-2H3,(H2,25,26,27,29)/b14-5+,24-13-. The normalized spacial score (nSPS) is 12.0. The molecule has 1 aromatic rings. The van der Waals surface area contributed by atoms with Crippen LogP contribution < -0.4 is 15.4 Å². The summed E-state index contributed by atoms with van der Waals surface area (Å²) in [5, 5.41) is 4.81. The topological polar surface area (TPSA) is 62.7 Å². The Morgan fingerprint density at radius 1 is 1.34 bits per heavy atom. The van der Waals surface area contributed by atoms with Crippen LogP contribution in [0.4, 0.5) is 18.9 Å². The van der Waals surface area contributed by atoms with Crippen LogP contribution in [0.1, 0.15) is 38.7 Å². The van der Waals surface area contributed by atoms with Crippen LogP contribution in [0.3, 0.4) is 0 Å². The largest absolute Gasteiger partial charge is 0.493 e. The van der Waals surface area contributed by atoms with Crippen LogP contribution in [-0.4, -0.2) is 23.8 Å². The highest BCUT2D eigenvalue weighted by atomic mass is 32.1. The fourth-order valence-electron chi connectivity index (χ4n) is 2.22. The van der Waals surface area contributed by atoms with Crippen molar-refractivity contribution in [3.8, 4) is 5.75 Å². The summed E-state index contributed by atoms with van der Waals surface area (Å²) in [6.07, 6.45) is 1.96. The number of carbonyl (C=O) groups excluding carboxylic acids is 1. The molecular formula is C20H24F3N3O2S. The van der Waals surface area contributed by atoms with E-state index in [-0.39, 0.29) is 28.7 Å². The highest BCUT2D eigenvalue weighted by molar-refractivity contribution is 7.80. The fraction of sp³-hybridized carbons (Fsp3) is 0.350. The van der Waals surface area contributed by atoms with E-state index in [9.17, 15) is 18.0 Å². The van der Waals surface area contributed by atoms with Crippen molar-refractivity contribution in [2.45, 2.75) is 39.3 Å². The lowest BCUT2D eigenvalue weighted by Gasteiger charge is -2.16. The maximum atomic E-state index is 13.4. The molecule has 0 aliphatic heterocycles. The lowest BCUT2D eigenvalue weighted by atomic mass is 10.1. The van der Waals surface area contributed by atoms with Gasteiger partial charge in [-0.3, -0.25) is 15.1 Å². The third-order valence-electron chi connectivity index (χ3n) is 3.67. The number of halogens is 3. The van der Waals surface area contributed by atoms with Gasteiger partial charge in [0.2, 0.25) is 0 Å². The van der Waals surface area contributed by atoms with Gasteiger partial charge in [-0.05, 0) is 43.8 Å². The van der Waals surface area contributed by atoms with Crippen LogP contribution in [0.2, 0.25) is 0 Å². The summed E-state index contributed by atoms with van der Waals surface area (Å²) in [4.78, 5) is 15.8. The zero-order valence-electron chi connectivity index (χ0n) is 16.3. The van der Waals surface area contributed by atoms with Gasteiger partial charge in [0.25, 0.3) is 5.91 Å². The number of aliphatic imine (C=N–C) groups is 1. The molecule has 0 fully saturated rings. The van der Waals surface area contributed by atoms with Gasteiger partial charge in [0.05, 0.1) is 17.7 Å². The van der Waals surface area contributed by atoms with Crippen molar-refractivity contribution < 1.29 is 22.7 Å². The lowest BCUT2D eigenvalue weighted by molar-refractivity contribution is -0.138. The molecule has 2 N–H and O–H groups in total. The van der Waals surface area contributed by atoms with Crippen LogP contribution in [0, 0.1) is 0 Å². The fourth-order valence-corrected chi connectivity index (χ4v) is 2.43. The van der Waals surface area contributed by atoms with E-state index in [0.717, 1.165) is 18.9 Å². The number of carbonyl (C=O) groups is 1. The Morgan fingerprint density at radius 3 is 2.66 bits per heavy atom. The Hall–Kier alpha value is -2.68. The quantitative estimate of drug-likeness (QED) is 0.245. The number of anilines is 1. The number of amides is 1. The summed E-state index contributed by atoms with van der Waals surface area (Å²) in [5.41, 5.74) is -0.619. The molecule has 1 amide bonds. The maximum Gasteiger partial charge on any atom is 0.420 e. The Morgan fingerprint density at radius 2 is 2.07 bits per heavy atom. The van der Waals surface area contributed by atoms with Crippen molar-refractivity contribution in [1.82, 2.24) is 5.32 Å². The van der Waals surface area contributed by atoms with Gasteiger partial charge in [-0.15, -0.1) is 0 Å². The summed E-state index contributed by atoms with van der Waals surface area (Å²) in [6.45, 7) is 7.24. The molecule has 5 nitrogen and oxygen atoms in total. The van der Waals surface area contributed by atoms with E-state index < -0.39 is 17.6 Å². The molecular weight excluding hydrogens is 403 g/mol. The van der Waals surface area contributed by atoms with E-state index in [4.69, 9.17) is 17.0 Å². The number of alkyl halides is 3. The number of hydrogen-bond acceptors (Lipinski definition) is 4. The lowest BCUT2D eigenvalue weighted by Crippen LogP contribution is -2.35. The molecule has 0 spiro atoms. The molecule has 1 aromatic carbocycles. The molecule has 0 aliphatic carbocycles. The SMILES string of the molecule is C=C/N=C\C(=C/C)C(=O)NC(=S)Nc1ccc(OCCCCC)c(C(F)(F)F)c1. The number of nitrogens with zero attached hydrogens (tertiary/aromatic N) is 1. The summed E-state index contributed by atoms with van der Waals surface area (Å²) in [6, 6.07) is 3.53. The van der Waals surface area contributed by atoms with Crippen LogP contribution in [-0.2, 0) is 11.0 Å². The van der Waals surface area contributed by atoms with Crippen molar-refractivity contribution in [2.24, 2.45) is 4.99 Å². The smallest absolute Gasteiger partial charge is 0.420 e. The van der Waals surface area contributed by atoms with E-state index in [0.29, 0.717) is 6.42 Å². The summed E-state index contributed by atoms with van der Waals surface area (Å²) in [7, 11) is 0. The maximum absolute atomic E-state index is 13.4. The first-order chi connectivity index (χ1) is 13.7. The molecule has 158 valence electrons. The molecule has 29 heavy (non-hydrogen) atoms. The third-order valence-corrected chi connectivity index (χ3v) is 3.87. The van der Waals surface area contributed by atoms with Gasteiger partial charge in [0.15, 0.2) is 5.11 Å². The first-order valence-corrected chi connectivity index (χ1v) is 9.40. The number of nitrogens with one attached hydrogen (secondary N) is 2. The van der Waals surface area contributed by atoms with E-state index in [1.165, 1.54) is 30.6 Å². The van der Waals surface area contributed by atoms with E-state index >= 15 is 0 Å². The molecule has 0 radical (unpaired) electrons. The average molecular weight is 427 g/mol. The minimum Gasteiger partial charge on any atom is -0.493 e. The van der Waals surface area contributed by atoms with Gasteiger partial charge >= 0.3 is 6.18 Å². The van der Waals surface area contributed by atoms with Gasteiger partial charge in [-0.25, -0.2) is 0 Å². The number of unbranched alkanes of at least 4 members (excludes halogenated alkanes) is 2. The monoisotopic (exact) mass is 427 g/mol. The summed E-state index contributed by atoms with van der Waals surface area (Å²) in [5.74, 6) is -0.798. The Kier molecular flexibility index (Phi) is 10.1. The van der Waals surface area contributed by atoms with E-state index in [1.807, 2.05) is 6.92 Å². The molecule has 0 heterocycles. The summed E-state index contributed by atoms with van der Waals surface area (Å²) < 4.78 is 45.4. The van der Waals surface area contributed by atoms with Crippen LogP contribution >= 0.6 is 12.2 Å². The van der Waals surface area contributed by atoms with Crippen molar-refractivity contribution in [1.29, 1.82) is 0 Å². The predicted molar refractivity (Wildman–Crippen MR) is 113 cm³/mol. The van der Waals surface area contributed by atoms with Crippen molar-refractivity contribution in [3.05, 3.63) is 48.2 Å². The molecule has 0 saturated heterocycles. The number of thiocarbonyl (C=S) groups is 1. The number of rotatable bonds is 9. The van der Waals surface area contributed by atoms with Crippen LogP contribution in [0.25, 0.3) is 0 Å². The predicted octanol–water partition coefficient (Wildman–Crippen LogP) is 5.25. The zero-order chi connectivity index (χ0) is 21.9. The summed E-state index contributed by atoms with van der Waals surface area (Å²) >= 11 is 5.01. The number of hydrogen-bond donors (Lipinski definition) is 2. The highest BCUT2D eigenvalue weighted by Crippen LogP contribution is 2.38. The Bertz CT molecular complexity index is 790. The van der Waals surface area contributed by atoms with Gasteiger partial charge in [-0.2, -0.15) is 13.2 Å². The van der Waals surface area contributed by atoms with E-state index in [2.05, 4.69) is 22.2 Å². The van der Waals surface area contributed by atoms with Crippen LogP contribution in [0.15, 0.2) is 47.6 Å².